The minimum absolute atomic E-state index is 0.454. The van der Waals surface area contributed by atoms with Gasteiger partial charge in [0, 0.05) is 29.7 Å². The van der Waals surface area contributed by atoms with Gasteiger partial charge in [0.25, 0.3) is 0 Å². The molecule has 0 aromatic carbocycles. The molecule has 2 heterocycles. The van der Waals surface area contributed by atoms with Crippen LogP contribution in [0.3, 0.4) is 0 Å². The molecule has 0 amide bonds. The molecule has 0 aliphatic rings. The Morgan fingerprint density at radius 3 is 2.56 bits per heavy atom. The monoisotopic (exact) mass is 240 g/mol. The van der Waals surface area contributed by atoms with Gasteiger partial charge < -0.3 is 0 Å². The van der Waals surface area contributed by atoms with Crippen LogP contribution >= 0.6 is 0 Å². The lowest BCUT2D eigenvalue weighted by Crippen LogP contribution is -2.02. The van der Waals surface area contributed by atoms with Crippen molar-refractivity contribution in [1.29, 1.82) is 0 Å². The van der Waals surface area contributed by atoms with Crippen LogP contribution in [0.2, 0.25) is 0 Å². The Morgan fingerprint density at radius 1 is 1.06 bits per heavy atom. The first-order valence-corrected chi connectivity index (χ1v) is 6.59. The molecule has 0 saturated carbocycles. The first-order valence-electron chi connectivity index (χ1n) is 6.59. The molecule has 0 unspecified atom stereocenters. The molecule has 0 fully saturated rings. The Morgan fingerprint density at radius 2 is 1.83 bits per heavy atom. The van der Waals surface area contributed by atoms with E-state index in [-0.39, 0.29) is 0 Å². The molecule has 2 aromatic rings. The maximum Gasteiger partial charge on any atom is 0.0464 e. The predicted molar refractivity (Wildman–Crippen MR) is 74.7 cm³/mol. The average Bonchev–Trinajstić information content (AvgIpc) is 2.39. The second-order valence-electron chi connectivity index (χ2n) is 4.85. The molecule has 18 heavy (non-hydrogen) atoms. The highest BCUT2D eigenvalue weighted by molar-refractivity contribution is 5.28. The lowest BCUT2D eigenvalue weighted by Gasteiger charge is -2.11. The highest BCUT2D eigenvalue weighted by Crippen LogP contribution is 2.19. The van der Waals surface area contributed by atoms with E-state index in [4.69, 9.17) is 0 Å². The quantitative estimate of drug-likeness (QED) is 0.813. The number of nitrogens with zero attached hydrogens (tertiary/aromatic N) is 2. The third kappa shape index (κ3) is 2.95. The van der Waals surface area contributed by atoms with E-state index in [1.807, 2.05) is 12.3 Å². The molecular weight excluding hydrogens is 220 g/mol. The second-order valence-corrected chi connectivity index (χ2v) is 4.85. The zero-order valence-electron chi connectivity index (χ0n) is 11.4. The Kier molecular flexibility index (Phi) is 4.08. The summed E-state index contributed by atoms with van der Waals surface area (Å²) in [6, 6.07) is 10.4. The molecule has 94 valence electrons. The van der Waals surface area contributed by atoms with Gasteiger partial charge in [0.1, 0.15) is 0 Å². The second kappa shape index (κ2) is 5.76. The molecule has 0 spiro atoms. The Hall–Kier alpha value is -1.70. The number of hydrogen-bond donors (Lipinski definition) is 0. The number of rotatable bonds is 4. The van der Waals surface area contributed by atoms with E-state index in [2.05, 4.69) is 55.0 Å². The van der Waals surface area contributed by atoms with Crippen LogP contribution in [0.25, 0.3) is 0 Å². The van der Waals surface area contributed by atoms with Crippen molar-refractivity contribution in [3.63, 3.8) is 0 Å². The first-order chi connectivity index (χ1) is 8.70. The summed E-state index contributed by atoms with van der Waals surface area (Å²) in [6.07, 6.45) is 3.72. The highest BCUT2D eigenvalue weighted by Gasteiger charge is 2.08. The first kappa shape index (κ1) is 12.7. The Bertz CT molecular complexity index is 518. The van der Waals surface area contributed by atoms with Crippen LogP contribution in [0.5, 0.6) is 0 Å². The largest absolute Gasteiger partial charge is 0.261 e. The van der Waals surface area contributed by atoms with Gasteiger partial charge >= 0.3 is 0 Å². The molecule has 0 radical (unpaired) electrons. The molecule has 0 N–H and O–H groups in total. The molecule has 0 saturated heterocycles. The summed E-state index contributed by atoms with van der Waals surface area (Å²) in [4.78, 5) is 9.15. The normalized spacial score (nSPS) is 10.9. The van der Waals surface area contributed by atoms with Crippen molar-refractivity contribution in [2.45, 2.75) is 39.5 Å². The van der Waals surface area contributed by atoms with Crippen LogP contribution in [0.4, 0.5) is 0 Å². The molecule has 2 nitrogen and oxygen atoms in total. The van der Waals surface area contributed by atoms with Crippen molar-refractivity contribution in [3.8, 4) is 0 Å². The number of hydrogen-bond acceptors (Lipinski definition) is 2. The number of pyridine rings is 2. The Labute approximate surface area is 109 Å². The van der Waals surface area contributed by atoms with E-state index in [0.29, 0.717) is 5.92 Å². The van der Waals surface area contributed by atoms with Gasteiger partial charge in [0.15, 0.2) is 0 Å². The smallest absolute Gasteiger partial charge is 0.0464 e. The van der Waals surface area contributed by atoms with Crippen molar-refractivity contribution in [3.05, 3.63) is 59.2 Å². The topological polar surface area (TPSA) is 25.8 Å². The molecule has 0 atom stereocenters. The SMILES string of the molecule is CCc1cccc(Cc2cccnc2C(C)C)n1. The van der Waals surface area contributed by atoms with Gasteiger partial charge in [-0.15, -0.1) is 0 Å². The third-order valence-corrected chi connectivity index (χ3v) is 3.07. The number of aryl methyl sites for hydroxylation is 1. The third-order valence-electron chi connectivity index (χ3n) is 3.07. The predicted octanol–water partition coefficient (Wildman–Crippen LogP) is 3.75. The lowest BCUT2D eigenvalue weighted by molar-refractivity contribution is 0.800. The summed E-state index contributed by atoms with van der Waals surface area (Å²) < 4.78 is 0. The van der Waals surface area contributed by atoms with Crippen LogP contribution in [0.1, 0.15) is 49.3 Å². The summed E-state index contributed by atoms with van der Waals surface area (Å²) >= 11 is 0. The fourth-order valence-corrected chi connectivity index (χ4v) is 2.14. The summed E-state index contributed by atoms with van der Waals surface area (Å²) in [5.74, 6) is 0.454. The van der Waals surface area contributed by atoms with Crippen molar-refractivity contribution in [2.24, 2.45) is 0 Å². The Balaban J connectivity index is 2.28. The van der Waals surface area contributed by atoms with Gasteiger partial charge in [-0.3, -0.25) is 9.97 Å². The van der Waals surface area contributed by atoms with E-state index in [1.165, 1.54) is 11.3 Å². The van der Waals surface area contributed by atoms with Crippen LogP contribution in [-0.4, -0.2) is 9.97 Å². The summed E-state index contributed by atoms with van der Waals surface area (Å²) in [6.45, 7) is 6.50. The molecule has 0 aliphatic carbocycles. The highest BCUT2D eigenvalue weighted by atomic mass is 14.7. The summed E-state index contributed by atoms with van der Waals surface area (Å²) in [7, 11) is 0. The van der Waals surface area contributed by atoms with Crippen LogP contribution < -0.4 is 0 Å². The van der Waals surface area contributed by atoms with Crippen molar-refractivity contribution >= 4 is 0 Å². The summed E-state index contributed by atoms with van der Waals surface area (Å²) in [5.41, 5.74) is 4.75. The molecule has 0 bridgehead atoms. The minimum atomic E-state index is 0.454. The molecule has 0 aliphatic heterocycles. The van der Waals surface area contributed by atoms with Crippen LogP contribution in [0, 0.1) is 0 Å². The van der Waals surface area contributed by atoms with Crippen molar-refractivity contribution in [1.82, 2.24) is 9.97 Å². The maximum absolute atomic E-state index is 4.66. The van der Waals surface area contributed by atoms with E-state index < -0.39 is 0 Å². The molecule has 2 heteroatoms. The van der Waals surface area contributed by atoms with E-state index in [0.717, 1.165) is 24.2 Å². The van der Waals surface area contributed by atoms with Gasteiger partial charge in [-0.1, -0.05) is 32.9 Å². The van der Waals surface area contributed by atoms with E-state index >= 15 is 0 Å². The van der Waals surface area contributed by atoms with Gasteiger partial charge in [-0.2, -0.15) is 0 Å². The fraction of sp³-hybridized carbons (Fsp3) is 0.375. The van der Waals surface area contributed by atoms with Gasteiger partial charge in [-0.25, -0.2) is 0 Å². The standard InChI is InChI=1S/C16H20N2/c1-4-14-8-5-9-15(18-14)11-13-7-6-10-17-16(13)12(2)3/h5-10,12H,4,11H2,1-3H3. The summed E-state index contributed by atoms with van der Waals surface area (Å²) in [5, 5.41) is 0. The van der Waals surface area contributed by atoms with E-state index in [9.17, 15) is 0 Å². The number of aromatic nitrogens is 2. The molecular formula is C16H20N2. The van der Waals surface area contributed by atoms with Crippen molar-refractivity contribution < 1.29 is 0 Å². The zero-order chi connectivity index (χ0) is 13.0. The van der Waals surface area contributed by atoms with Crippen LogP contribution in [0.15, 0.2) is 36.5 Å². The van der Waals surface area contributed by atoms with Crippen LogP contribution in [-0.2, 0) is 12.8 Å². The maximum atomic E-state index is 4.66. The zero-order valence-corrected chi connectivity index (χ0v) is 11.4. The van der Waals surface area contributed by atoms with Gasteiger partial charge in [0.05, 0.1) is 0 Å². The van der Waals surface area contributed by atoms with E-state index in [1.54, 1.807) is 0 Å². The molecule has 2 rings (SSSR count). The lowest BCUT2D eigenvalue weighted by atomic mass is 10.00. The van der Waals surface area contributed by atoms with Crippen molar-refractivity contribution in [2.75, 3.05) is 0 Å². The average molecular weight is 240 g/mol. The minimum Gasteiger partial charge on any atom is -0.261 e. The molecule has 2 aromatic heterocycles. The van der Waals surface area contributed by atoms with Gasteiger partial charge in [-0.05, 0) is 36.1 Å². The fourth-order valence-electron chi connectivity index (χ4n) is 2.14. The van der Waals surface area contributed by atoms with Gasteiger partial charge in [0.2, 0.25) is 0 Å².